The van der Waals surface area contributed by atoms with E-state index in [1.54, 1.807) is 0 Å². The number of aromatic nitrogens is 1. The van der Waals surface area contributed by atoms with Crippen molar-refractivity contribution in [3.05, 3.63) is 10.6 Å². The van der Waals surface area contributed by atoms with Crippen LogP contribution in [0.1, 0.15) is 30.3 Å². The number of anilines is 1. The molecule has 110 valence electrons. The normalized spacial score (nSPS) is 22.6. The highest BCUT2D eigenvalue weighted by molar-refractivity contribution is 7.15. The van der Waals surface area contributed by atoms with E-state index < -0.39 is 12.0 Å². The van der Waals surface area contributed by atoms with Crippen molar-refractivity contribution >= 4 is 28.5 Å². The molecule has 2 rings (SSSR count). The molecule has 6 nitrogen and oxygen atoms in total. The number of rotatable bonds is 2. The van der Waals surface area contributed by atoms with Gasteiger partial charge in [0, 0.05) is 11.4 Å². The van der Waals surface area contributed by atoms with E-state index in [1.807, 2.05) is 20.8 Å². The number of piperidine rings is 1. The number of urea groups is 1. The predicted octanol–water partition coefficient (Wildman–Crippen LogP) is 2.48. The van der Waals surface area contributed by atoms with Crippen LogP contribution < -0.4 is 5.32 Å². The molecule has 0 aromatic carbocycles. The van der Waals surface area contributed by atoms with Crippen molar-refractivity contribution in [2.24, 2.45) is 5.92 Å². The van der Waals surface area contributed by atoms with Crippen LogP contribution in [0.5, 0.6) is 0 Å². The Morgan fingerprint density at radius 2 is 2.15 bits per heavy atom. The van der Waals surface area contributed by atoms with Gasteiger partial charge in [0.1, 0.15) is 6.04 Å². The lowest BCUT2D eigenvalue weighted by molar-refractivity contribution is -0.145. The molecule has 1 saturated heterocycles. The number of nitrogens with zero attached hydrogens (tertiary/aromatic N) is 2. The average molecular weight is 297 g/mol. The zero-order valence-corrected chi connectivity index (χ0v) is 12.7. The van der Waals surface area contributed by atoms with Crippen LogP contribution >= 0.6 is 11.3 Å². The molecule has 7 heteroatoms. The lowest BCUT2D eigenvalue weighted by Gasteiger charge is -2.36. The second kappa shape index (κ2) is 5.78. The zero-order valence-electron chi connectivity index (χ0n) is 11.8. The maximum absolute atomic E-state index is 12.3. The molecule has 2 amide bonds. The zero-order chi connectivity index (χ0) is 14.9. The SMILES string of the molecule is Cc1nc(NC(=O)N2CCCC(C)C2C(=O)O)sc1C. The quantitative estimate of drug-likeness (QED) is 0.878. The average Bonchev–Trinajstić information content (AvgIpc) is 2.67. The molecule has 20 heavy (non-hydrogen) atoms. The van der Waals surface area contributed by atoms with Crippen molar-refractivity contribution in [3.8, 4) is 0 Å². The first-order valence-corrected chi connectivity index (χ1v) is 7.46. The number of carbonyl (C=O) groups excluding carboxylic acids is 1. The van der Waals surface area contributed by atoms with Gasteiger partial charge in [-0.15, -0.1) is 11.3 Å². The standard InChI is InChI=1S/C13H19N3O3S/c1-7-5-4-6-16(10(7)11(17)18)13(19)15-12-14-8(2)9(3)20-12/h7,10H,4-6H2,1-3H3,(H,17,18)(H,14,15,19). The Morgan fingerprint density at radius 1 is 1.45 bits per heavy atom. The Balaban J connectivity index is 2.12. The first-order chi connectivity index (χ1) is 9.40. The lowest BCUT2D eigenvalue weighted by atomic mass is 9.91. The fourth-order valence-electron chi connectivity index (χ4n) is 2.48. The van der Waals surface area contributed by atoms with Crippen LogP contribution in [0.15, 0.2) is 0 Å². The molecule has 1 aromatic heterocycles. The number of hydrogen-bond acceptors (Lipinski definition) is 4. The van der Waals surface area contributed by atoms with Crippen molar-refractivity contribution in [3.63, 3.8) is 0 Å². The van der Waals surface area contributed by atoms with E-state index >= 15 is 0 Å². The molecule has 2 heterocycles. The summed E-state index contributed by atoms with van der Waals surface area (Å²) in [5.74, 6) is -0.981. The first kappa shape index (κ1) is 14.8. The van der Waals surface area contributed by atoms with E-state index in [2.05, 4.69) is 10.3 Å². The molecule has 1 aliphatic heterocycles. The lowest BCUT2D eigenvalue weighted by Crippen LogP contribution is -2.53. The van der Waals surface area contributed by atoms with E-state index in [0.717, 1.165) is 23.4 Å². The van der Waals surface area contributed by atoms with Crippen molar-refractivity contribution in [1.82, 2.24) is 9.88 Å². The Labute approximate surface area is 121 Å². The summed E-state index contributed by atoms with van der Waals surface area (Å²) >= 11 is 1.40. The number of hydrogen-bond donors (Lipinski definition) is 2. The van der Waals surface area contributed by atoms with E-state index in [9.17, 15) is 14.7 Å². The number of carbonyl (C=O) groups is 2. The Morgan fingerprint density at radius 3 is 2.70 bits per heavy atom. The largest absolute Gasteiger partial charge is 0.480 e. The van der Waals surface area contributed by atoms with Gasteiger partial charge in [-0.3, -0.25) is 5.32 Å². The summed E-state index contributed by atoms with van der Waals surface area (Å²) in [6.45, 7) is 6.16. The van der Waals surface area contributed by atoms with Crippen molar-refractivity contribution in [2.45, 2.75) is 39.7 Å². The molecule has 1 fully saturated rings. The van der Waals surface area contributed by atoms with Crippen molar-refractivity contribution in [1.29, 1.82) is 0 Å². The van der Waals surface area contributed by atoms with Crippen LogP contribution in [-0.4, -0.2) is 39.6 Å². The van der Waals surface area contributed by atoms with Gasteiger partial charge in [-0.25, -0.2) is 14.6 Å². The molecule has 0 radical (unpaired) electrons. The molecule has 2 unspecified atom stereocenters. The monoisotopic (exact) mass is 297 g/mol. The van der Waals surface area contributed by atoms with Crippen LogP contribution in [0.3, 0.4) is 0 Å². The number of carboxylic acids is 1. The van der Waals surface area contributed by atoms with Gasteiger partial charge < -0.3 is 10.0 Å². The summed E-state index contributed by atoms with van der Waals surface area (Å²) < 4.78 is 0. The topological polar surface area (TPSA) is 82.5 Å². The molecule has 2 atom stereocenters. The smallest absolute Gasteiger partial charge is 0.326 e. The Bertz CT molecular complexity index is 509. The number of nitrogens with one attached hydrogen (secondary N) is 1. The predicted molar refractivity (Wildman–Crippen MR) is 77.1 cm³/mol. The molecule has 0 aliphatic carbocycles. The maximum atomic E-state index is 12.3. The number of carboxylic acid groups (broad SMARTS) is 1. The highest BCUT2D eigenvalue weighted by Gasteiger charge is 2.37. The second-order valence-corrected chi connectivity index (χ2v) is 6.39. The number of likely N-dealkylation sites (tertiary alicyclic amines) is 1. The molecule has 0 saturated carbocycles. The second-order valence-electron chi connectivity index (χ2n) is 5.19. The number of amides is 2. The van der Waals surface area contributed by atoms with E-state index in [4.69, 9.17) is 0 Å². The van der Waals surface area contributed by atoms with Crippen LogP contribution in [0, 0.1) is 19.8 Å². The van der Waals surface area contributed by atoms with Crippen LogP contribution in [0.2, 0.25) is 0 Å². The third kappa shape index (κ3) is 2.92. The third-order valence-electron chi connectivity index (χ3n) is 3.69. The molecule has 2 N–H and O–H groups in total. The summed E-state index contributed by atoms with van der Waals surface area (Å²) in [5, 5.41) is 12.5. The van der Waals surface area contributed by atoms with Gasteiger partial charge in [0.2, 0.25) is 0 Å². The van der Waals surface area contributed by atoms with Gasteiger partial charge in [0.05, 0.1) is 5.69 Å². The minimum Gasteiger partial charge on any atom is -0.480 e. The fraction of sp³-hybridized carbons (Fsp3) is 0.615. The number of thiazole rings is 1. The van der Waals surface area contributed by atoms with Gasteiger partial charge in [-0.2, -0.15) is 0 Å². The molecule has 1 aromatic rings. The van der Waals surface area contributed by atoms with E-state index in [1.165, 1.54) is 16.2 Å². The highest BCUT2D eigenvalue weighted by Crippen LogP contribution is 2.26. The molecule has 0 spiro atoms. The molecular formula is C13H19N3O3S. The maximum Gasteiger partial charge on any atom is 0.326 e. The Kier molecular flexibility index (Phi) is 4.27. The van der Waals surface area contributed by atoms with Gasteiger partial charge >= 0.3 is 12.0 Å². The minimum absolute atomic E-state index is 0.0354. The summed E-state index contributed by atoms with van der Waals surface area (Å²) in [7, 11) is 0. The Hall–Kier alpha value is -1.63. The molecular weight excluding hydrogens is 278 g/mol. The summed E-state index contributed by atoms with van der Waals surface area (Å²) in [4.78, 5) is 30.3. The summed E-state index contributed by atoms with van der Waals surface area (Å²) in [5.41, 5.74) is 0.882. The summed E-state index contributed by atoms with van der Waals surface area (Å²) in [6.07, 6.45) is 1.66. The van der Waals surface area contributed by atoms with Crippen molar-refractivity contribution in [2.75, 3.05) is 11.9 Å². The van der Waals surface area contributed by atoms with Crippen LogP contribution in [0.25, 0.3) is 0 Å². The molecule has 0 bridgehead atoms. The summed E-state index contributed by atoms with van der Waals surface area (Å²) in [6, 6.07) is -1.14. The van der Waals surface area contributed by atoms with E-state index in [-0.39, 0.29) is 11.9 Å². The van der Waals surface area contributed by atoms with Gasteiger partial charge in [0.15, 0.2) is 5.13 Å². The molecule has 1 aliphatic rings. The van der Waals surface area contributed by atoms with Crippen molar-refractivity contribution < 1.29 is 14.7 Å². The van der Waals surface area contributed by atoms with Gasteiger partial charge in [-0.1, -0.05) is 6.92 Å². The first-order valence-electron chi connectivity index (χ1n) is 6.64. The van der Waals surface area contributed by atoms with Gasteiger partial charge in [0.25, 0.3) is 0 Å². The minimum atomic E-state index is -0.946. The van der Waals surface area contributed by atoms with Gasteiger partial charge in [-0.05, 0) is 32.6 Å². The van der Waals surface area contributed by atoms with E-state index in [0.29, 0.717) is 11.7 Å². The number of aliphatic carboxylic acids is 1. The van der Waals surface area contributed by atoms with Crippen LogP contribution in [0.4, 0.5) is 9.93 Å². The third-order valence-corrected chi connectivity index (χ3v) is 4.68. The van der Waals surface area contributed by atoms with Crippen LogP contribution in [-0.2, 0) is 4.79 Å². The fourth-order valence-corrected chi connectivity index (χ4v) is 3.29. The highest BCUT2D eigenvalue weighted by atomic mass is 32.1. The number of aryl methyl sites for hydroxylation is 2.